The van der Waals surface area contributed by atoms with Crippen LogP contribution in [0.2, 0.25) is 0 Å². The standard InChI is InChI=1S/C12H16N2S2/c1-2-5-14-11(12-8-13-9-16-12)7-10-4-3-6-15-10/h3-4,6,8-9,11,14H,2,5,7H2,1H3. The fourth-order valence-corrected chi connectivity index (χ4v) is 3.07. The molecule has 0 saturated carbocycles. The van der Waals surface area contributed by atoms with E-state index in [0.717, 1.165) is 13.0 Å². The van der Waals surface area contributed by atoms with Gasteiger partial charge in [-0.3, -0.25) is 4.98 Å². The summed E-state index contributed by atoms with van der Waals surface area (Å²) in [6, 6.07) is 4.74. The molecule has 2 aromatic rings. The van der Waals surface area contributed by atoms with E-state index in [-0.39, 0.29) is 0 Å². The Morgan fingerprint density at radius 1 is 1.44 bits per heavy atom. The molecule has 0 spiro atoms. The number of rotatable bonds is 6. The number of hydrogen-bond donors (Lipinski definition) is 1. The Labute approximate surface area is 104 Å². The predicted molar refractivity (Wildman–Crippen MR) is 71.2 cm³/mol. The summed E-state index contributed by atoms with van der Waals surface area (Å²) in [5, 5.41) is 5.72. The van der Waals surface area contributed by atoms with Crippen LogP contribution in [0, 0.1) is 0 Å². The van der Waals surface area contributed by atoms with Crippen LogP contribution in [0.5, 0.6) is 0 Å². The van der Waals surface area contributed by atoms with Crippen molar-refractivity contribution in [2.45, 2.75) is 25.8 Å². The number of nitrogens with one attached hydrogen (secondary N) is 1. The molecule has 2 rings (SSSR count). The second kappa shape index (κ2) is 6.13. The average Bonchev–Trinajstić information content (AvgIpc) is 2.96. The van der Waals surface area contributed by atoms with Gasteiger partial charge in [-0.25, -0.2) is 0 Å². The van der Waals surface area contributed by atoms with E-state index in [9.17, 15) is 0 Å². The number of hydrogen-bond acceptors (Lipinski definition) is 4. The zero-order valence-electron chi connectivity index (χ0n) is 9.35. The van der Waals surface area contributed by atoms with Crippen molar-refractivity contribution in [1.82, 2.24) is 10.3 Å². The van der Waals surface area contributed by atoms with Crippen molar-refractivity contribution in [2.75, 3.05) is 6.54 Å². The SMILES string of the molecule is CCCNC(Cc1cccs1)c1cncs1. The van der Waals surface area contributed by atoms with Crippen LogP contribution in [0.15, 0.2) is 29.2 Å². The van der Waals surface area contributed by atoms with E-state index in [2.05, 4.69) is 34.7 Å². The molecule has 0 radical (unpaired) electrons. The van der Waals surface area contributed by atoms with Crippen LogP contribution in [-0.4, -0.2) is 11.5 Å². The first-order valence-electron chi connectivity index (χ1n) is 5.54. The van der Waals surface area contributed by atoms with Gasteiger partial charge in [-0.1, -0.05) is 13.0 Å². The van der Waals surface area contributed by atoms with Gasteiger partial charge in [-0.15, -0.1) is 22.7 Å². The Morgan fingerprint density at radius 2 is 2.38 bits per heavy atom. The second-order valence-corrected chi connectivity index (χ2v) is 5.64. The minimum Gasteiger partial charge on any atom is -0.309 e. The van der Waals surface area contributed by atoms with Crippen LogP contribution in [0.1, 0.15) is 29.1 Å². The highest BCUT2D eigenvalue weighted by molar-refractivity contribution is 7.10. The smallest absolute Gasteiger partial charge is 0.0794 e. The highest BCUT2D eigenvalue weighted by atomic mass is 32.1. The van der Waals surface area contributed by atoms with Crippen molar-refractivity contribution < 1.29 is 0 Å². The molecule has 0 aliphatic rings. The first-order valence-corrected chi connectivity index (χ1v) is 7.30. The van der Waals surface area contributed by atoms with Gasteiger partial charge in [0.15, 0.2) is 0 Å². The molecule has 0 bridgehead atoms. The monoisotopic (exact) mass is 252 g/mol. The molecule has 0 amide bonds. The summed E-state index contributed by atoms with van der Waals surface area (Å²) in [4.78, 5) is 6.93. The van der Waals surface area contributed by atoms with E-state index >= 15 is 0 Å². The molecule has 0 aliphatic carbocycles. The van der Waals surface area contributed by atoms with Gasteiger partial charge >= 0.3 is 0 Å². The number of thiazole rings is 1. The van der Waals surface area contributed by atoms with E-state index in [1.165, 1.54) is 16.2 Å². The predicted octanol–water partition coefficient (Wildman–Crippen LogP) is 3.49. The summed E-state index contributed by atoms with van der Waals surface area (Å²) >= 11 is 3.56. The van der Waals surface area contributed by atoms with Gasteiger partial charge in [0.1, 0.15) is 0 Å². The van der Waals surface area contributed by atoms with Gasteiger partial charge in [0.2, 0.25) is 0 Å². The Morgan fingerprint density at radius 3 is 3.00 bits per heavy atom. The van der Waals surface area contributed by atoms with Crippen LogP contribution in [0.3, 0.4) is 0 Å². The topological polar surface area (TPSA) is 24.9 Å². The van der Waals surface area contributed by atoms with Crippen molar-refractivity contribution >= 4 is 22.7 Å². The lowest BCUT2D eigenvalue weighted by molar-refractivity contribution is 0.539. The number of nitrogens with zero attached hydrogens (tertiary/aromatic N) is 1. The highest BCUT2D eigenvalue weighted by Crippen LogP contribution is 2.23. The van der Waals surface area contributed by atoms with Gasteiger partial charge in [-0.2, -0.15) is 0 Å². The molecule has 86 valence electrons. The fraction of sp³-hybridized carbons (Fsp3) is 0.417. The van der Waals surface area contributed by atoms with E-state index in [4.69, 9.17) is 0 Å². The third kappa shape index (κ3) is 3.14. The summed E-state index contributed by atoms with van der Waals surface area (Å²) < 4.78 is 0. The molecule has 0 saturated heterocycles. The minimum atomic E-state index is 0.422. The molecule has 2 heterocycles. The lowest BCUT2D eigenvalue weighted by Gasteiger charge is -2.15. The van der Waals surface area contributed by atoms with Gasteiger partial charge in [0.25, 0.3) is 0 Å². The molecule has 0 aromatic carbocycles. The number of aromatic nitrogens is 1. The molecule has 1 N–H and O–H groups in total. The van der Waals surface area contributed by atoms with Gasteiger partial charge in [-0.05, 0) is 24.4 Å². The molecule has 16 heavy (non-hydrogen) atoms. The molecular weight excluding hydrogens is 236 g/mol. The summed E-state index contributed by atoms with van der Waals surface area (Å²) in [5.41, 5.74) is 1.91. The Balaban J connectivity index is 2.03. The largest absolute Gasteiger partial charge is 0.309 e. The lowest BCUT2D eigenvalue weighted by atomic mass is 10.1. The zero-order valence-corrected chi connectivity index (χ0v) is 11.0. The third-order valence-electron chi connectivity index (χ3n) is 2.42. The Bertz CT molecular complexity index is 381. The van der Waals surface area contributed by atoms with Crippen molar-refractivity contribution in [1.29, 1.82) is 0 Å². The van der Waals surface area contributed by atoms with Crippen molar-refractivity contribution in [3.63, 3.8) is 0 Å². The quantitative estimate of drug-likeness (QED) is 0.851. The van der Waals surface area contributed by atoms with Gasteiger partial charge in [0, 0.05) is 28.4 Å². The highest BCUT2D eigenvalue weighted by Gasteiger charge is 2.13. The van der Waals surface area contributed by atoms with Crippen molar-refractivity contribution in [3.8, 4) is 0 Å². The maximum absolute atomic E-state index is 4.16. The summed E-state index contributed by atoms with van der Waals surface area (Å²) in [6.45, 7) is 3.26. The second-order valence-electron chi connectivity index (χ2n) is 3.69. The Kier molecular flexibility index (Phi) is 4.51. The van der Waals surface area contributed by atoms with Crippen LogP contribution < -0.4 is 5.32 Å². The first-order chi connectivity index (χ1) is 7.90. The molecule has 1 atom stereocenters. The lowest BCUT2D eigenvalue weighted by Crippen LogP contribution is -2.23. The minimum absolute atomic E-state index is 0.422. The van der Waals surface area contributed by atoms with Crippen molar-refractivity contribution in [2.24, 2.45) is 0 Å². The fourth-order valence-electron chi connectivity index (χ4n) is 1.62. The molecule has 0 aliphatic heterocycles. The molecule has 1 unspecified atom stereocenters. The number of thiophene rings is 1. The summed E-state index contributed by atoms with van der Waals surface area (Å²) in [6.07, 6.45) is 4.21. The third-order valence-corrected chi connectivity index (χ3v) is 4.21. The van der Waals surface area contributed by atoms with E-state index in [1.807, 2.05) is 23.0 Å². The maximum Gasteiger partial charge on any atom is 0.0794 e. The van der Waals surface area contributed by atoms with E-state index < -0.39 is 0 Å². The van der Waals surface area contributed by atoms with E-state index in [1.54, 1.807) is 11.3 Å². The molecule has 2 aromatic heterocycles. The molecule has 4 heteroatoms. The summed E-state index contributed by atoms with van der Waals surface area (Å²) in [7, 11) is 0. The van der Waals surface area contributed by atoms with Crippen LogP contribution >= 0.6 is 22.7 Å². The zero-order chi connectivity index (χ0) is 11.2. The van der Waals surface area contributed by atoms with Gasteiger partial charge < -0.3 is 5.32 Å². The maximum atomic E-state index is 4.16. The first kappa shape index (κ1) is 11.8. The Hall–Kier alpha value is -0.710. The normalized spacial score (nSPS) is 12.8. The van der Waals surface area contributed by atoms with Crippen LogP contribution in [-0.2, 0) is 6.42 Å². The summed E-state index contributed by atoms with van der Waals surface area (Å²) in [5.74, 6) is 0. The molecular formula is C12H16N2S2. The van der Waals surface area contributed by atoms with Crippen molar-refractivity contribution in [3.05, 3.63) is 39.0 Å². The average molecular weight is 252 g/mol. The van der Waals surface area contributed by atoms with Crippen LogP contribution in [0.4, 0.5) is 0 Å². The van der Waals surface area contributed by atoms with Crippen LogP contribution in [0.25, 0.3) is 0 Å². The molecule has 2 nitrogen and oxygen atoms in total. The molecule has 0 fully saturated rings. The van der Waals surface area contributed by atoms with Gasteiger partial charge in [0.05, 0.1) is 5.51 Å². The van der Waals surface area contributed by atoms with E-state index in [0.29, 0.717) is 6.04 Å².